The zero-order valence-corrected chi connectivity index (χ0v) is 28.2. The Labute approximate surface area is 294 Å². The van der Waals surface area contributed by atoms with E-state index in [1.54, 1.807) is 25.2 Å². The third-order valence-corrected chi connectivity index (χ3v) is 10.0. The molecule has 0 spiro atoms. The van der Waals surface area contributed by atoms with Crippen LogP contribution in [0.15, 0.2) is 67.3 Å². The van der Waals surface area contributed by atoms with E-state index in [0.29, 0.717) is 6.07 Å². The Morgan fingerprint density at radius 3 is 2.57 bits per heavy atom. The molecule has 1 aliphatic heterocycles. The topological polar surface area (TPSA) is 163 Å². The second-order valence-electron chi connectivity index (χ2n) is 12.0. The van der Waals surface area contributed by atoms with Crippen LogP contribution in [0.2, 0.25) is 0 Å². The molecule has 0 bridgehead atoms. The molecule has 2 heterocycles. The van der Waals surface area contributed by atoms with E-state index < -0.39 is 69.1 Å². The van der Waals surface area contributed by atoms with Gasteiger partial charge in [0, 0.05) is 35.3 Å². The largest absolute Gasteiger partial charge is 0.480 e. The lowest BCUT2D eigenvalue weighted by Crippen LogP contribution is -2.49. The first-order chi connectivity index (χ1) is 24.4. The molecular weight excluding hydrogens is 693 g/mol. The summed E-state index contributed by atoms with van der Waals surface area (Å²) in [6.07, 6.45) is 7.93. The smallest absolute Gasteiger partial charge is 0.324 e. The number of allylic oxidation sites excluding steroid dienone is 2. The van der Waals surface area contributed by atoms with Gasteiger partial charge in [0.2, 0.25) is 0 Å². The van der Waals surface area contributed by atoms with E-state index in [2.05, 4.69) is 10.1 Å². The summed E-state index contributed by atoms with van der Waals surface area (Å²) in [5.41, 5.74) is -3.76. The van der Waals surface area contributed by atoms with Crippen LogP contribution in [-0.4, -0.2) is 74.4 Å². The van der Waals surface area contributed by atoms with Gasteiger partial charge in [0.15, 0.2) is 17.3 Å². The highest BCUT2D eigenvalue weighted by Crippen LogP contribution is 2.56. The standard InChI is InChI=1S/C35H33F3N4O8S/c1-21(51-27-16-48-31(49-17-27)6-4-3-5-24-8-7-23(14-39)11-29(24)37)35(18-42-20-40-19-41-42,28-10-9-26(36)12-30(28)38)50-33(46)34(32(44)45)13-25(34)15-47-22(2)43/h3-12,19-21,25,27,31H,13,15-18H2,1-2H3,(H,44,45)/b5-3+,6-4+/t21-,25-,27?,31?,34-,35-/m1/s1. The van der Waals surface area contributed by atoms with E-state index in [4.69, 9.17) is 24.2 Å². The molecule has 1 saturated heterocycles. The second-order valence-corrected chi connectivity index (χ2v) is 13.6. The Morgan fingerprint density at radius 2 is 1.94 bits per heavy atom. The van der Waals surface area contributed by atoms with E-state index in [-0.39, 0.29) is 49.5 Å². The number of carboxylic acid groups (broad SMARTS) is 1. The van der Waals surface area contributed by atoms with Crippen LogP contribution in [0.25, 0.3) is 6.08 Å². The normalized spacial score (nSPS) is 23.3. The predicted octanol–water partition coefficient (Wildman–Crippen LogP) is 4.79. The Hall–Kier alpha value is -4.98. The summed E-state index contributed by atoms with van der Waals surface area (Å²) < 4.78 is 68.1. The van der Waals surface area contributed by atoms with Crippen molar-refractivity contribution in [2.75, 3.05) is 19.8 Å². The number of nitriles is 1. The van der Waals surface area contributed by atoms with Crippen LogP contribution >= 0.6 is 11.8 Å². The van der Waals surface area contributed by atoms with Crippen LogP contribution < -0.4 is 0 Å². The number of rotatable bonds is 14. The van der Waals surface area contributed by atoms with Gasteiger partial charge in [-0.25, -0.2) is 22.8 Å². The number of nitrogens with zero attached hydrogens (tertiary/aromatic N) is 4. The number of carbonyl (C=O) groups excluding carboxylic acids is 2. The molecule has 1 aliphatic carbocycles. The molecule has 1 aromatic heterocycles. The Kier molecular flexibility index (Phi) is 11.6. The minimum atomic E-state index is -2.07. The van der Waals surface area contributed by atoms with Crippen molar-refractivity contribution in [1.82, 2.24) is 14.8 Å². The van der Waals surface area contributed by atoms with Crippen molar-refractivity contribution >= 4 is 35.7 Å². The minimum absolute atomic E-state index is 0.140. The van der Waals surface area contributed by atoms with Crippen molar-refractivity contribution in [2.24, 2.45) is 11.3 Å². The van der Waals surface area contributed by atoms with Crippen molar-refractivity contribution in [2.45, 2.75) is 49.2 Å². The fourth-order valence-corrected chi connectivity index (χ4v) is 7.09. The summed E-state index contributed by atoms with van der Waals surface area (Å²) in [4.78, 5) is 41.8. The van der Waals surface area contributed by atoms with Crippen LogP contribution in [-0.2, 0) is 45.5 Å². The van der Waals surface area contributed by atoms with Crippen LogP contribution in [0, 0.1) is 40.1 Å². The number of hydrogen-bond acceptors (Lipinski definition) is 11. The van der Waals surface area contributed by atoms with E-state index >= 15 is 4.39 Å². The van der Waals surface area contributed by atoms with E-state index in [0.717, 1.165) is 25.1 Å². The number of aliphatic carboxylic acids is 1. The number of thioether (sulfide) groups is 1. The van der Waals surface area contributed by atoms with Gasteiger partial charge in [-0.05, 0) is 43.7 Å². The molecule has 51 heavy (non-hydrogen) atoms. The lowest BCUT2D eigenvalue weighted by molar-refractivity contribution is -0.178. The highest BCUT2D eigenvalue weighted by Gasteiger charge is 2.69. The molecule has 0 amide bonds. The molecule has 5 rings (SSSR count). The quantitative estimate of drug-likeness (QED) is 0.138. The summed E-state index contributed by atoms with van der Waals surface area (Å²) in [5, 5.41) is 21.9. The summed E-state index contributed by atoms with van der Waals surface area (Å²) in [6, 6.07) is 8.77. The molecule has 0 radical (unpaired) electrons. The molecule has 1 N–H and O–H groups in total. The van der Waals surface area contributed by atoms with Gasteiger partial charge in [-0.2, -0.15) is 10.4 Å². The van der Waals surface area contributed by atoms with Gasteiger partial charge >= 0.3 is 17.9 Å². The molecule has 0 unspecified atom stereocenters. The monoisotopic (exact) mass is 726 g/mol. The third-order valence-electron chi connectivity index (χ3n) is 8.59. The fraction of sp³-hybridized carbons (Fsp3) is 0.371. The van der Waals surface area contributed by atoms with Crippen molar-refractivity contribution in [3.8, 4) is 6.07 Å². The number of esters is 2. The highest BCUT2D eigenvalue weighted by atomic mass is 32.2. The first kappa shape index (κ1) is 37.3. The molecule has 2 aromatic carbocycles. The maximum atomic E-state index is 15.7. The molecule has 268 valence electrons. The van der Waals surface area contributed by atoms with Crippen LogP contribution in [0.3, 0.4) is 0 Å². The first-order valence-corrected chi connectivity index (χ1v) is 16.6. The number of hydrogen-bond donors (Lipinski definition) is 1. The fourth-order valence-electron chi connectivity index (χ4n) is 5.73. The highest BCUT2D eigenvalue weighted by molar-refractivity contribution is 8.00. The maximum Gasteiger partial charge on any atom is 0.324 e. The Morgan fingerprint density at radius 1 is 1.18 bits per heavy atom. The zero-order chi connectivity index (χ0) is 36.8. The summed E-state index contributed by atoms with van der Waals surface area (Å²) in [6.45, 7) is 2.41. The number of carbonyl (C=O) groups is 3. The molecule has 2 aliphatic rings. The Balaban J connectivity index is 1.36. The molecule has 3 aromatic rings. The predicted molar refractivity (Wildman–Crippen MR) is 175 cm³/mol. The maximum absolute atomic E-state index is 15.7. The van der Waals surface area contributed by atoms with E-state index in [1.165, 1.54) is 47.3 Å². The number of ether oxygens (including phenoxy) is 4. The van der Waals surface area contributed by atoms with Crippen LogP contribution in [0.5, 0.6) is 0 Å². The molecule has 12 nitrogen and oxygen atoms in total. The molecule has 2 fully saturated rings. The summed E-state index contributed by atoms with van der Waals surface area (Å²) >= 11 is 1.22. The van der Waals surface area contributed by atoms with Gasteiger partial charge in [-0.1, -0.05) is 24.3 Å². The number of halogens is 3. The SMILES string of the molecule is CC(=O)OC[C@H]1C[C@@]1(C(=O)O)C(=O)O[C@@](Cn1cncn1)(c1ccc(F)cc1F)[C@@H](C)SC1COC(/C=C/C=C/c2ccc(C#N)cc2F)OC1. The van der Waals surface area contributed by atoms with Crippen molar-refractivity contribution in [1.29, 1.82) is 5.26 Å². The molecule has 1 saturated carbocycles. The van der Waals surface area contributed by atoms with Crippen LogP contribution in [0.4, 0.5) is 13.2 Å². The lowest BCUT2D eigenvalue weighted by Gasteiger charge is -2.41. The number of aromatic nitrogens is 3. The minimum Gasteiger partial charge on any atom is -0.480 e. The molecule has 4 atom stereocenters. The van der Waals surface area contributed by atoms with Crippen molar-refractivity contribution in [3.63, 3.8) is 0 Å². The van der Waals surface area contributed by atoms with Gasteiger partial charge in [0.25, 0.3) is 0 Å². The summed E-state index contributed by atoms with van der Waals surface area (Å²) in [7, 11) is 0. The Bertz CT molecular complexity index is 1860. The van der Waals surface area contributed by atoms with Gasteiger partial charge in [-0.15, -0.1) is 11.8 Å². The number of carboxylic acids is 1. The first-order valence-electron chi connectivity index (χ1n) is 15.7. The van der Waals surface area contributed by atoms with Gasteiger partial charge in [-0.3, -0.25) is 14.4 Å². The number of benzene rings is 2. The third kappa shape index (κ3) is 8.50. The molecule has 16 heteroatoms. The zero-order valence-electron chi connectivity index (χ0n) is 27.4. The van der Waals surface area contributed by atoms with E-state index in [1.807, 2.05) is 6.07 Å². The molecular formula is C35H33F3N4O8S. The van der Waals surface area contributed by atoms with Crippen molar-refractivity contribution in [3.05, 3.63) is 101 Å². The van der Waals surface area contributed by atoms with Gasteiger partial charge in [0.05, 0.1) is 43.2 Å². The average Bonchev–Trinajstić information content (AvgIpc) is 3.63. The van der Waals surface area contributed by atoms with Crippen molar-refractivity contribution < 1.29 is 51.6 Å². The van der Waals surface area contributed by atoms with Gasteiger partial charge in [0.1, 0.15) is 30.1 Å². The second kappa shape index (κ2) is 15.9. The van der Waals surface area contributed by atoms with Crippen LogP contribution in [0.1, 0.15) is 37.0 Å². The average molecular weight is 727 g/mol. The van der Waals surface area contributed by atoms with E-state index in [9.17, 15) is 28.3 Å². The lowest BCUT2D eigenvalue weighted by atomic mass is 9.88. The van der Waals surface area contributed by atoms with Gasteiger partial charge < -0.3 is 24.1 Å². The summed E-state index contributed by atoms with van der Waals surface area (Å²) in [5.74, 6) is -6.68.